The summed E-state index contributed by atoms with van der Waals surface area (Å²) in [5, 5.41) is 7.38. The third-order valence-corrected chi connectivity index (χ3v) is 6.06. The molecule has 9 nitrogen and oxygen atoms in total. The number of aromatic nitrogens is 2. The van der Waals surface area contributed by atoms with Gasteiger partial charge < -0.3 is 10.1 Å². The van der Waals surface area contributed by atoms with Crippen molar-refractivity contribution in [3.05, 3.63) is 105 Å². The normalized spacial score (nSPS) is 12.1. The second kappa shape index (κ2) is 9.62. The molecule has 0 saturated heterocycles. The van der Waals surface area contributed by atoms with Gasteiger partial charge >= 0.3 is 5.97 Å². The third kappa shape index (κ3) is 4.20. The molecule has 184 valence electrons. The standard InChI is InChI=1S/C28H21N3O6/c1-2-14-31-27(35)19-11-6-3-8-16(19)24(30-31)28(36)37-15-22(32)29-21-13-7-12-20-23(21)26(34)18-10-5-4-9-17(18)25(20)33/h3-13H,2,14-15H2,1H3,(H,29,32). The molecule has 4 aromatic rings. The van der Waals surface area contributed by atoms with Gasteiger partial charge in [0.25, 0.3) is 11.5 Å². The van der Waals surface area contributed by atoms with Crippen LogP contribution in [0.4, 0.5) is 5.69 Å². The molecule has 1 N–H and O–H groups in total. The predicted molar refractivity (Wildman–Crippen MR) is 135 cm³/mol. The van der Waals surface area contributed by atoms with Crippen molar-refractivity contribution in [2.24, 2.45) is 0 Å². The second-order valence-corrected chi connectivity index (χ2v) is 8.48. The summed E-state index contributed by atoms with van der Waals surface area (Å²) in [6, 6.07) is 17.7. The smallest absolute Gasteiger partial charge is 0.359 e. The fourth-order valence-electron chi connectivity index (χ4n) is 4.38. The molecule has 0 atom stereocenters. The van der Waals surface area contributed by atoms with E-state index in [9.17, 15) is 24.0 Å². The van der Waals surface area contributed by atoms with Crippen molar-refractivity contribution in [2.45, 2.75) is 19.9 Å². The molecule has 1 amide bonds. The quantitative estimate of drug-likeness (QED) is 0.358. The summed E-state index contributed by atoms with van der Waals surface area (Å²) in [5.41, 5.74) is 0.589. The molecule has 0 fully saturated rings. The highest BCUT2D eigenvalue weighted by molar-refractivity contribution is 6.30. The fraction of sp³-hybridized carbons (Fsp3) is 0.143. The Morgan fingerprint density at radius 2 is 1.49 bits per heavy atom. The van der Waals surface area contributed by atoms with E-state index < -0.39 is 18.5 Å². The van der Waals surface area contributed by atoms with Crippen LogP contribution in [-0.2, 0) is 16.1 Å². The van der Waals surface area contributed by atoms with Gasteiger partial charge in [0.15, 0.2) is 23.9 Å². The Kier molecular flexibility index (Phi) is 6.19. The number of fused-ring (bicyclic) bond motifs is 3. The largest absolute Gasteiger partial charge is 0.451 e. The molecule has 0 unspecified atom stereocenters. The first-order chi connectivity index (χ1) is 17.9. The Labute approximate surface area is 210 Å². The van der Waals surface area contributed by atoms with Crippen LogP contribution in [0, 0.1) is 0 Å². The molecule has 1 aliphatic rings. The zero-order valence-corrected chi connectivity index (χ0v) is 19.8. The van der Waals surface area contributed by atoms with E-state index >= 15 is 0 Å². The van der Waals surface area contributed by atoms with Gasteiger partial charge in [0, 0.05) is 28.6 Å². The average Bonchev–Trinajstić information content (AvgIpc) is 2.92. The number of carbonyl (C=O) groups excluding carboxylic acids is 4. The fourth-order valence-corrected chi connectivity index (χ4v) is 4.38. The summed E-state index contributed by atoms with van der Waals surface area (Å²) in [6.45, 7) is 1.54. The van der Waals surface area contributed by atoms with Gasteiger partial charge in [0.2, 0.25) is 0 Å². The van der Waals surface area contributed by atoms with Gasteiger partial charge in [-0.25, -0.2) is 9.48 Å². The number of nitrogens with zero attached hydrogens (tertiary/aromatic N) is 2. The highest BCUT2D eigenvalue weighted by Gasteiger charge is 2.31. The van der Waals surface area contributed by atoms with Crippen LogP contribution in [0.3, 0.4) is 0 Å². The molecule has 1 aromatic heterocycles. The van der Waals surface area contributed by atoms with Crippen LogP contribution >= 0.6 is 0 Å². The van der Waals surface area contributed by atoms with Crippen LogP contribution in [0.2, 0.25) is 0 Å². The van der Waals surface area contributed by atoms with E-state index in [2.05, 4.69) is 10.4 Å². The van der Waals surface area contributed by atoms with Crippen molar-refractivity contribution in [3.63, 3.8) is 0 Å². The molecule has 0 spiro atoms. The Morgan fingerprint density at radius 1 is 0.838 bits per heavy atom. The Balaban J connectivity index is 1.37. The maximum Gasteiger partial charge on any atom is 0.359 e. The van der Waals surface area contributed by atoms with Gasteiger partial charge in [-0.15, -0.1) is 0 Å². The molecular formula is C28H21N3O6. The van der Waals surface area contributed by atoms with Crippen molar-refractivity contribution in [1.82, 2.24) is 9.78 Å². The Morgan fingerprint density at radius 3 is 2.22 bits per heavy atom. The Bertz CT molecular complexity index is 1670. The molecule has 1 heterocycles. The lowest BCUT2D eigenvalue weighted by molar-refractivity contribution is -0.119. The van der Waals surface area contributed by atoms with Crippen molar-refractivity contribution >= 4 is 39.9 Å². The third-order valence-electron chi connectivity index (χ3n) is 6.06. The van der Waals surface area contributed by atoms with Crippen molar-refractivity contribution in [2.75, 3.05) is 11.9 Å². The number of ether oxygens (including phenoxy) is 1. The summed E-state index contributed by atoms with van der Waals surface area (Å²) in [4.78, 5) is 64.2. The predicted octanol–water partition coefficient (Wildman–Crippen LogP) is 3.38. The van der Waals surface area contributed by atoms with E-state index in [1.165, 1.54) is 16.8 Å². The lowest BCUT2D eigenvalue weighted by Gasteiger charge is -2.20. The maximum atomic E-state index is 13.1. The average molecular weight is 495 g/mol. The van der Waals surface area contributed by atoms with E-state index in [1.54, 1.807) is 54.6 Å². The number of aryl methyl sites for hydroxylation is 1. The number of hydrogen-bond acceptors (Lipinski definition) is 7. The zero-order valence-electron chi connectivity index (χ0n) is 19.8. The number of nitrogens with one attached hydrogen (secondary N) is 1. The molecule has 3 aromatic carbocycles. The first-order valence-electron chi connectivity index (χ1n) is 11.7. The summed E-state index contributed by atoms with van der Waals surface area (Å²) in [6.07, 6.45) is 0.634. The summed E-state index contributed by atoms with van der Waals surface area (Å²) in [5.74, 6) is -2.27. The van der Waals surface area contributed by atoms with Gasteiger partial charge in [0.05, 0.1) is 16.6 Å². The molecule has 0 radical (unpaired) electrons. The van der Waals surface area contributed by atoms with Crippen LogP contribution in [0.15, 0.2) is 71.5 Å². The van der Waals surface area contributed by atoms with Gasteiger partial charge in [-0.2, -0.15) is 5.10 Å². The molecule has 0 aliphatic heterocycles. The van der Waals surface area contributed by atoms with Gasteiger partial charge in [-0.05, 0) is 18.6 Å². The van der Waals surface area contributed by atoms with E-state index in [1.807, 2.05) is 6.92 Å². The van der Waals surface area contributed by atoms with Crippen LogP contribution in [-0.4, -0.2) is 39.8 Å². The van der Waals surface area contributed by atoms with E-state index in [0.717, 1.165) is 0 Å². The van der Waals surface area contributed by atoms with Gasteiger partial charge in [0.1, 0.15) is 0 Å². The van der Waals surface area contributed by atoms with E-state index in [0.29, 0.717) is 29.3 Å². The number of ketones is 2. The van der Waals surface area contributed by atoms with Crippen molar-refractivity contribution in [3.8, 4) is 0 Å². The number of hydrogen-bond donors (Lipinski definition) is 1. The monoisotopic (exact) mass is 495 g/mol. The minimum atomic E-state index is -0.869. The molecule has 9 heteroatoms. The number of esters is 1. The van der Waals surface area contributed by atoms with Gasteiger partial charge in [-0.1, -0.05) is 61.5 Å². The molecule has 37 heavy (non-hydrogen) atoms. The highest BCUT2D eigenvalue weighted by atomic mass is 16.5. The summed E-state index contributed by atoms with van der Waals surface area (Å²) < 4.78 is 6.41. The van der Waals surface area contributed by atoms with Crippen LogP contribution in [0.25, 0.3) is 10.8 Å². The molecule has 0 saturated carbocycles. The molecule has 5 rings (SSSR count). The molecular weight excluding hydrogens is 474 g/mol. The molecule has 1 aliphatic carbocycles. The zero-order chi connectivity index (χ0) is 26.1. The number of benzene rings is 3. The molecule has 0 bridgehead atoms. The van der Waals surface area contributed by atoms with Crippen molar-refractivity contribution < 1.29 is 23.9 Å². The first kappa shape index (κ1) is 23.8. The van der Waals surface area contributed by atoms with Crippen LogP contribution in [0.1, 0.15) is 55.7 Å². The number of carbonyl (C=O) groups is 4. The minimum absolute atomic E-state index is 0.0779. The maximum absolute atomic E-state index is 13.1. The van der Waals surface area contributed by atoms with Gasteiger partial charge in [-0.3, -0.25) is 19.2 Å². The summed E-state index contributed by atoms with van der Waals surface area (Å²) >= 11 is 0. The lowest BCUT2D eigenvalue weighted by atomic mass is 9.83. The first-order valence-corrected chi connectivity index (χ1v) is 11.7. The SMILES string of the molecule is CCCn1nc(C(=O)OCC(=O)Nc2cccc3c2C(=O)c2ccccc2C3=O)c2ccccc2c1=O. The van der Waals surface area contributed by atoms with E-state index in [-0.39, 0.29) is 45.2 Å². The highest BCUT2D eigenvalue weighted by Crippen LogP contribution is 2.31. The van der Waals surface area contributed by atoms with Crippen LogP contribution in [0.5, 0.6) is 0 Å². The number of amides is 1. The topological polar surface area (TPSA) is 124 Å². The van der Waals surface area contributed by atoms with Crippen molar-refractivity contribution in [1.29, 1.82) is 0 Å². The second-order valence-electron chi connectivity index (χ2n) is 8.48. The van der Waals surface area contributed by atoms with E-state index in [4.69, 9.17) is 4.74 Å². The summed E-state index contributed by atoms with van der Waals surface area (Å²) in [7, 11) is 0. The van der Waals surface area contributed by atoms with Crippen LogP contribution < -0.4 is 10.9 Å². The number of anilines is 1. The Hall–Kier alpha value is -4.92. The minimum Gasteiger partial charge on any atom is -0.451 e. The number of rotatable bonds is 6. The lowest BCUT2D eigenvalue weighted by Crippen LogP contribution is -2.28.